The summed E-state index contributed by atoms with van der Waals surface area (Å²) in [7, 11) is 0. The zero-order valence-corrected chi connectivity index (χ0v) is 9.46. The Bertz CT molecular complexity index is 483. The summed E-state index contributed by atoms with van der Waals surface area (Å²) >= 11 is 0. The molecule has 5 heteroatoms. The third-order valence-electron chi connectivity index (χ3n) is 1.86. The van der Waals surface area contributed by atoms with Crippen LogP contribution in [0.15, 0.2) is 11.1 Å². The Labute approximate surface area is 88.0 Å². The van der Waals surface area contributed by atoms with Gasteiger partial charge in [-0.2, -0.15) is 0 Å². The van der Waals surface area contributed by atoms with Gasteiger partial charge in [0.2, 0.25) is 0 Å². The van der Waals surface area contributed by atoms with Crippen LogP contribution in [0.2, 0.25) is 0 Å². The van der Waals surface area contributed by atoms with Gasteiger partial charge in [0.15, 0.2) is 11.2 Å². The number of hydrogen-bond donors (Lipinski definition) is 2. The van der Waals surface area contributed by atoms with Gasteiger partial charge >= 0.3 is 0 Å². The van der Waals surface area contributed by atoms with Gasteiger partial charge in [0, 0.05) is 5.92 Å². The van der Waals surface area contributed by atoms with Gasteiger partial charge in [-0.25, -0.2) is 9.97 Å². The first kappa shape index (κ1) is 11.4. The van der Waals surface area contributed by atoms with E-state index in [9.17, 15) is 4.79 Å². The fraction of sp³-hybridized carbons (Fsp3) is 0.500. The molecule has 2 aromatic rings. The lowest BCUT2D eigenvalue weighted by Crippen LogP contribution is -2.05. The van der Waals surface area contributed by atoms with Crippen molar-refractivity contribution in [1.82, 2.24) is 19.9 Å². The second-order valence-electron chi connectivity index (χ2n) is 3.21. The van der Waals surface area contributed by atoms with E-state index in [1.165, 1.54) is 6.33 Å². The summed E-state index contributed by atoms with van der Waals surface area (Å²) in [6.07, 6.45) is 1.36. The average Bonchev–Trinajstić information content (AvgIpc) is 2.66. The molecule has 2 N–H and O–H groups in total. The SMILES string of the molecule is CC.CC(C)c1nc2nc[nH]c(=O)c2[nH]1. The molecule has 82 valence electrons. The predicted molar refractivity (Wildman–Crippen MR) is 59.9 cm³/mol. The number of imidazole rings is 1. The quantitative estimate of drug-likeness (QED) is 0.750. The highest BCUT2D eigenvalue weighted by atomic mass is 16.1. The van der Waals surface area contributed by atoms with Gasteiger partial charge in [-0.15, -0.1) is 0 Å². The maximum atomic E-state index is 11.2. The van der Waals surface area contributed by atoms with E-state index in [4.69, 9.17) is 0 Å². The fourth-order valence-corrected chi connectivity index (χ4v) is 1.13. The summed E-state index contributed by atoms with van der Waals surface area (Å²) in [5, 5.41) is 0. The van der Waals surface area contributed by atoms with Gasteiger partial charge in [0.25, 0.3) is 5.56 Å². The summed E-state index contributed by atoms with van der Waals surface area (Å²) < 4.78 is 0. The van der Waals surface area contributed by atoms with Crippen LogP contribution in [0.3, 0.4) is 0 Å². The standard InChI is InChI=1S/C8H10N4O.C2H6/c1-4(2)6-11-5-7(12-6)9-3-10-8(5)13;1-2/h3-4H,1-2H3,(H2,9,10,11,12,13);1-2H3. The molecule has 0 aliphatic rings. The highest BCUT2D eigenvalue weighted by Crippen LogP contribution is 2.11. The third-order valence-corrected chi connectivity index (χ3v) is 1.86. The largest absolute Gasteiger partial charge is 0.336 e. The number of H-pyrrole nitrogens is 2. The molecule has 0 aliphatic heterocycles. The van der Waals surface area contributed by atoms with E-state index in [-0.39, 0.29) is 11.5 Å². The molecule has 0 aromatic carbocycles. The van der Waals surface area contributed by atoms with Crippen molar-refractivity contribution >= 4 is 11.2 Å². The van der Waals surface area contributed by atoms with Crippen LogP contribution < -0.4 is 5.56 Å². The summed E-state index contributed by atoms with van der Waals surface area (Å²) in [4.78, 5) is 24.8. The van der Waals surface area contributed by atoms with Gasteiger partial charge in [-0.3, -0.25) is 4.79 Å². The van der Waals surface area contributed by atoms with Crippen molar-refractivity contribution < 1.29 is 0 Å². The van der Waals surface area contributed by atoms with Crippen molar-refractivity contribution in [2.75, 3.05) is 0 Å². The topological polar surface area (TPSA) is 74.4 Å². The van der Waals surface area contributed by atoms with Gasteiger partial charge in [-0.05, 0) is 0 Å². The molecule has 0 bridgehead atoms. The van der Waals surface area contributed by atoms with E-state index in [1.807, 2.05) is 27.7 Å². The molecule has 0 fully saturated rings. The molecule has 0 aliphatic carbocycles. The highest BCUT2D eigenvalue weighted by molar-refractivity contribution is 5.68. The number of nitrogens with one attached hydrogen (secondary N) is 2. The molecule has 0 saturated heterocycles. The number of aromatic amines is 2. The second-order valence-corrected chi connectivity index (χ2v) is 3.21. The monoisotopic (exact) mass is 208 g/mol. The second kappa shape index (κ2) is 4.72. The van der Waals surface area contributed by atoms with Gasteiger partial charge in [0.05, 0.1) is 6.33 Å². The first-order valence-electron chi connectivity index (χ1n) is 5.12. The van der Waals surface area contributed by atoms with Crippen molar-refractivity contribution in [3.05, 3.63) is 22.5 Å². The van der Waals surface area contributed by atoms with E-state index in [2.05, 4.69) is 19.9 Å². The molecule has 15 heavy (non-hydrogen) atoms. The number of hydrogen-bond acceptors (Lipinski definition) is 3. The molecule has 0 radical (unpaired) electrons. The summed E-state index contributed by atoms with van der Waals surface area (Å²) in [6.45, 7) is 8.01. The lowest BCUT2D eigenvalue weighted by Gasteiger charge is -1.95. The van der Waals surface area contributed by atoms with Crippen LogP contribution in [-0.2, 0) is 0 Å². The summed E-state index contributed by atoms with van der Waals surface area (Å²) in [5.41, 5.74) is 0.753. The van der Waals surface area contributed by atoms with Crippen LogP contribution in [0.5, 0.6) is 0 Å². The van der Waals surface area contributed by atoms with Crippen molar-refractivity contribution in [3.63, 3.8) is 0 Å². The number of aromatic nitrogens is 4. The Kier molecular flexibility index (Phi) is 3.60. The van der Waals surface area contributed by atoms with E-state index >= 15 is 0 Å². The van der Waals surface area contributed by atoms with Crippen molar-refractivity contribution in [1.29, 1.82) is 0 Å². The van der Waals surface area contributed by atoms with E-state index in [0.717, 1.165) is 5.82 Å². The van der Waals surface area contributed by atoms with Crippen molar-refractivity contribution in [2.45, 2.75) is 33.6 Å². The van der Waals surface area contributed by atoms with E-state index in [1.54, 1.807) is 0 Å². The molecule has 2 heterocycles. The van der Waals surface area contributed by atoms with Crippen LogP contribution in [0.1, 0.15) is 39.4 Å². The Morgan fingerprint density at radius 1 is 1.33 bits per heavy atom. The zero-order valence-electron chi connectivity index (χ0n) is 9.46. The van der Waals surface area contributed by atoms with Gasteiger partial charge in [-0.1, -0.05) is 27.7 Å². The Morgan fingerprint density at radius 2 is 2.00 bits per heavy atom. The van der Waals surface area contributed by atoms with E-state index in [0.29, 0.717) is 11.2 Å². The molecular weight excluding hydrogens is 192 g/mol. The Balaban J connectivity index is 0.000000531. The molecule has 0 atom stereocenters. The minimum Gasteiger partial charge on any atom is -0.336 e. The minimum absolute atomic E-state index is 0.176. The molecular formula is C10H16N4O. The van der Waals surface area contributed by atoms with Crippen LogP contribution in [0.4, 0.5) is 0 Å². The number of nitrogens with zero attached hydrogens (tertiary/aromatic N) is 2. The first-order valence-corrected chi connectivity index (χ1v) is 5.12. The van der Waals surface area contributed by atoms with Crippen LogP contribution in [0.25, 0.3) is 11.2 Å². The third kappa shape index (κ3) is 2.23. The zero-order chi connectivity index (χ0) is 11.4. The van der Waals surface area contributed by atoms with Crippen molar-refractivity contribution in [2.24, 2.45) is 0 Å². The maximum absolute atomic E-state index is 11.2. The van der Waals surface area contributed by atoms with Crippen molar-refractivity contribution in [3.8, 4) is 0 Å². The first-order chi connectivity index (χ1) is 7.18. The fourth-order valence-electron chi connectivity index (χ4n) is 1.13. The molecule has 5 nitrogen and oxygen atoms in total. The summed E-state index contributed by atoms with van der Waals surface area (Å²) in [5.74, 6) is 1.06. The number of rotatable bonds is 1. The molecule has 0 saturated carbocycles. The lowest BCUT2D eigenvalue weighted by molar-refractivity contribution is 0.798. The predicted octanol–water partition coefficient (Wildman–Crippen LogP) is 1.80. The maximum Gasteiger partial charge on any atom is 0.276 e. The molecule has 2 aromatic heterocycles. The van der Waals surface area contributed by atoms with Crippen LogP contribution >= 0.6 is 0 Å². The highest BCUT2D eigenvalue weighted by Gasteiger charge is 2.08. The smallest absolute Gasteiger partial charge is 0.276 e. The van der Waals surface area contributed by atoms with Crippen LogP contribution in [-0.4, -0.2) is 19.9 Å². The number of fused-ring (bicyclic) bond motifs is 1. The van der Waals surface area contributed by atoms with Gasteiger partial charge in [0.1, 0.15) is 5.82 Å². The normalized spacial score (nSPS) is 10.2. The summed E-state index contributed by atoms with van der Waals surface area (Å²) in [6, 6.07) is 0. The molecule has 0 spiro atoms. The Hall–Kier alpha value is -1.65. The minimum atomic E-state index is -0.176. The van der Waals surface area contributed by atoms with Crippen LogP contribution in [0, 0.1) is 0 Å². The average molecular weight is 208 g/mol. The lowest BCUT2D eigenvalue weighted by atomic mass is 10.2. The van der Waals surface area contributed by atoms with E-state index < -0.39 is 0 Å². The Morgan fingerprint density at radius 3 is 2.53 bits per heavy atom. The van der Waals surface area contributed by atoms with Gasteiger partial charge < -0.3 is 9.97 Å². The molecule has 0 amide bonds. The molecule has 0 unspecified atom stereocenters. The molecule has 2 rings (SSSR count).